The number of thiocarbonyl (C=S) groups is 1. The molecule has 0 radical (unpaired) electrons. The summed E-state index contributed by atoms with van der Waals surface area (Å²) in [6.45, 7) is 3.43. The van der Waals surface area contributed by atoms with Crippen molar-refractivity contribution in [1.29, 1.82) is 0 Å². The molecular weight excluding hydrogens is 320 g/mol. The lowest BCUT2D eigenvalue weighted by Gasteiger charge is -2.27. The van der Waals surface area contributed by atoms with Crippen molar-refractivity contribution in [2.24, 2.45) is 0 Å². The minimum absolute atomic E-state index is 0.258. The maximum absolute atomic E-state index is 10.1. The van der Waals surface area contributed by atoms with Crippen LogP contribution in [0.3, 0.4) is 0 Å². The van der Waals surface area contributed by atoms with Gasteiger partial charge in [0.25, 0.3) is 0 Å². The Bertz CT molecular complexity index is 676. The highest BCUT2D eigenvalue weighted by atomic mass is 32.1. The van der Waals surface area contributed by atoms with E-state index in [-0.39, 0.29) is 5.75 Å². The second-order valence-corrected chi connectivity index (χ2v) is 5.86. The number of phenols is 1. The summed E-state index contributed by atoms with van der Waals surface area (Å²) in [5.41, 5.74) is 1.68. The van der Waals surface area contributed by atoms with E-state index in [1.54, 1.807) is 13.2 Å². The molecule has 2 N–H and O–H groups in total. The number of para-hydroxylation sites is 3. The third-order valence-electron chi connectivity index (χ3n) is 3.75. The Morgan fingerprint density at radius 1 is 1.17 bits per heavy atom. The summed E-state index contributed by atoms with van der Waals surface area (Å²) in [6.07, 6.45) is 2.15. The molecule has 4 nitrogen and oxygen atoms in total. The van der Waals surface area contributed by atoms with Crippen LogP contribution in [0.1, 0.15) is 25.3 Å². The van der Waals surface area contributed by atoms with Gasteiger partial charge in [-0.25, -0.2) is 0 Å². The minimum atomic E-state index is 0.258. The molecule has 0 amide bonds. The van der Waals surface area contributed by atoms with E-state index < -0.39 is 0 Å². The Kier molecular flexibility index (Phi) is 6.88. The molecule has 0 unspecified atom stereocenters. The number of nitrogens with zero attached hydrogens (tertiary/aromatic N) is 1. The molecule has 0 aliphatic carbocycles. The number of aromatic hydroxyl groups is 1. The first-order chi connectivity index (χ1) is 11.7. The molecule has 0 atom stereocenters. The number of rotatable bonds is 7. The number of unbranched alkanes of at least 4 members (excludes halogenated alkanes) is 1. The van der Waals surface area contributed by atoms with E-state index in [1.807, 2.05) is 47.4 Å². The van der Waals surface area contributed by atoms with Crippen LogP contribution in [0.15, 0.2) is 48.5 Å². The highest BCUT2D eigenvalue weighted by Gasteiger charge is 2.17. The van der Waals surface area contributed by atoms with Gasteiger partial charge in [0.2, 0.25) is 0 Å². The molecular formula is C19H24N2O2S. The second kappa shape index (κ2) is 9.13. The lowest BCUT2D eigenvalue weighted by Crippen LogP contribution is -2.40. The fourth-order valence-electron chi connectivity index (χ4n) is 2.40. The number of hydrogen-bond donors (Lipinski definition) is 2. The molecule has 0 fully saturated rings. The van der Waals surface area contributed by atoms with Crippen molar-refractivity contribution in [2.75, 3.05) is 18.6 Å². The highest BCUT2D eigenvalue weighted by molar-refractivity contribution is 7.80. The van der Waals surface area contributed by atoms with Crippen molar-refractivity contribution in [3.63, 3.8) is 0 Å². The van der Waals surface area contributed by atoms with Gasteiger partial charge in [-0.2, -0.15) is 0 Å². The van der Waals surface area contributed by atoms with Gasteiger partial charge in [0.15, 0.2) is 5.11 Å². The molecule has 0 aliphatic rings. The standard InChI is InChI=1S/C19H24N2O2S/c1-3-4-13-20-19(24)21(14-15-9-5-7-11-17(15)22)16-10-6-8-12-18(16)23-2/h5-12,22H,3-4,13-14H2,1-2H3,(H,20,24). The van der Waals surface area contributed by atoms with E-state index in [0.29, 0.717) is 11.7 Å². The van der Waals surface area contributed by atoms with Crippen LogP contribution >= 0.6 is 12.2 Å². The first-order valence-electron chi connectivity index (χ1n) is 8.12. The molecule has 2 aromatic rings. The molecule has 0 aromatic heterocycles. The summed E-state index contributed by atoms with van der Waals surface area (Å²) in [4.78, 5) is 1.96. The topological polar surface area (TPSA) is 44.7 Å². The van der Waals surface area contributed by atoms with Gasteiger partial charge >= 0.3 is 0 Å². The van der Waals surface area contributed by atoms with Crippen LogP contribution in [0.5, 0.6) is 11.5 Å². The van der Waals surface area contributed by atoms with E-state index in [1.165, 1.54) is 0 Å². The Morgan fingerprint density at radius 3 is 2.58 bits per heavy atom. The summed E-state index contributed by atoms with van der Waals surface area (Å²) in [6, 6.07) is 15.0. The van der Waals surface area contributed by atoms with E-state index in [4.69, 9.17) is 17.0 Å². The first kappa shape index (κ1) is 18.1. The molecule has 0 saturated carbocycles. The zero-order valence-electron chi connectivity index (χ0n) is 14.2. The zero-order chi connectivity index (χ0) is 17.4. The molecule has 0 heterocycles. The monoisotopic (exact) mass is 344 g/mol. The summed E-state index contributed by atoms with van der Waals surface area (Å²) in [5, 5.41) is 14.0. The van der Waals surface area contributed by atoms with Crippen molar-refractivity contribution < 1.29 is 9.84 Å². The SMILES string of the molecule is CCCCNC(=S)N(Cc1ccccc1O)c1ccccc1OC. The fourth-order valence-corrected chi connectivity index (χ4v) is 2.67. The smallest absolute Gasteiger partial charge is 0.173 e. The van der Waals surface area contributed by atoms with Gasteiger partial charge in [-0.3, -0.25) is 0 Å². The van der Waals surface area contributed by atoms with E-state index in [0.717, 1.165) is 36.4 Å². The molecule has 0 aliphatic heterocycles. The number of nitrogens with one attached hydrogen (secondary N) is 1. The Hall–Kier alpha value is -2.27. The van der Waals surface area contributed by atoms with Crippen LogP contribution in [-0.2, 0) is 6.54 Å². The maximum atomic E-state index is 10.1. The molecule has 0 spiro atoms. The van der Waals surface area contributed by atoms with Gasteiger partial charge in [0.05, 0.1) is 19.3 Å². The predicted octanol–water partition coefficient (Wildman–Crippen LogP) is 4.08. The number of methoxy groups -OCH3 is 1. The van der Waals surface area contributed by atoms with Crippen LogP contribution in [0, 0.1) is 0 Å². The Balaban J connectivity index is 2.30. The van der Waals surface area contributed by atoms with Crippen LogP contribution < -0.4 is 15.0 Å². The van der Waals surface area contributed by atoms with E-state index in [2.05, 4.69) is 12.2 Å². The summed E-state index contributed by atoms with van der Waals surface area (Å²) < 4.78 is 5.48. The van der Waals surface area contributed by atoms with E-state index in [9.17, 15) is 5.11 Å². The van der Waals surface area contributed by atoms with Gasteiger partial charge in [-0.1, -0.05) is 43.7 Å². The fraction of sp³-hybridized carbons (Fsp3) is 0.316. The average Bonchev–Trinajstić information content (AvgIpc) is 2.61. The average molecular weight is 344 g/mol. The lowest BCUT2D eigenvalue weighted by molar-refractivity contribution is 0.415. The van der Waals surface area contributed by atoms with Crippen LogP contribution in [-0.4, -0.2) is 23.9 Å². The number of ether oxygens (including phenoxy) is 1. The maximum Gasteiger partial charge on any atom is 0.173 e. The minimum Gasteiger partial charge on any atom is -0.508 e. The number of hydrogen-bond acceptors (Lipinski definition) is 3. The quantitative estimate of drug-likeness (QED) is 0.585. The van der Waals surface area contributed by atoms with Crippen LogP contribution in [0.25, 0.3) is 0 Å². The first-order valence-corrected chi connectivity index (χ1v) is 8.53. The lowest BCUT2D eigenvalue weighted by atomic mass is 10.1. The van der Waals surface area contributed by atoms with Crippen molar-refractivity contribution in [2.45, 2.75) is 26.3 Å². The summed E-state index contributed by atoms with van der Waals surface area (Å²) in [7, 11) is 1.64. The molecule has 24 heavy (non-hydrogen) atoms. The normalized spacial score (nSPS) is 10.2. The summed E-state index contributed by atoms with van der Waals surface area (Å²) >= 11 is 5.60. The molecule has 5 heteroatoms. The second-order valence-electron chi connectivity index (χ2n) is 5.47. The molecule has 2 aromatic carbocycles. The largest absolute Gasteiger partial charge is 0.508 e. The van der Waals surface area contributed by atoms with Crippen LogP contribution in [0.4, 0.5) is 5.69 Å². The number of anilines is 1. The third-order valence-corrected chi connectivity index (χ3v) is 4.11. The Labute approximate surface area is 149 Å². The predicted molar refractivity (Wildman–Crippen MR) is 103 cm³/mol. The molecule has 0 bridgehead atoms. The van der Waals surface area contributed by atoms with Gasteiger partial charge in [-0.15, -0.1) is 0 Å². The van der Waals surface area contributed by atoms with Gasteiger partial charge < -0.3 is 20.1 Å². The zero-order valence-corrected chi connectivity index (χ0v) is 15.0. The van der Waals surface area contributed by atoms with Gasteiger partial charge in [-0.05, 0) is 36.8 Å². The molecule has 2 rings (SSSR count). The third kappa shape index (κ3) is 4.61. The summed E-state index contributed by atoms with van der Waals surface area (Å²) in [5.74, 6) is 1.00. The Morgan fingerprint density at radius 2 is 1.88 bits per heavy atom. The molecule has 128 valence electrons. The van der Waals surface area contributed by atoms with Crippen molar-refractivity contribution >= 4 is 23.0 Å². The van der Waals surface area contributed by atoms with E-state index >= 15 is 0 Å². The van der Waals surface area contributed by atoms with Crippen LogP contribution in [0.2, 0.25) is 0 Å². The van der Waals surface area contributed by atoms with Crippen molar-refractivity contribution in [1.82, 2.24) is 5.32 Å². The van der Waals surface area contributed by atoms with Gasteiger partial charge in [0, 0.05) is 12.1 Å². The highest BCUT2D eigenvalue weighted by Crippen LogP contribution is 2.30. The number of benzene rings is 2. The van der Waals surface area contributed by atoms with Crippen molar-refractivity contribution in [3.05, 3.63) is 54.1 Å². The number of phenolic OH excluding ortho intramolecular Hbond substituents is 1. The van der Waals surface area contributed by atoms with Crippen molar-refractivity contribution in [3.8, 4) is 11.5 Å². The molecule has 0 saturated heterocycles. The van der Waals surface area contributed by atoms with Gasteiger partial charge in [0.1, 0.15) is 11.5 Å².